The molecule has 0 saturated carbocycles. The Morgan fingerprint density at radius 2 is 1.93 bits per heavy atom. The Kier molecular flexibility index (Phi) is 5.03. The smallest absolute Gasteiger partial charge is 0.240 e. The van der Waals surface area contributed by atoms with Crippen LogP contribution in [0.3, 0.4) is 0 Å². The van der Waals surface area contributed by atoms with Crippen molar-refractivity contribution in [3.8, 4) is 0 Å². The van der Waals surface area contributed by atoms with E-state index in [1.54, 1.807) is 12.1 Å². The lowest BCUT2D eigenvalue weighted by Gasteiger charge is -2.18. The first-order valence-corrected chi connectivity index (χ1v) is 10.9. The molecule has 1 fully saturated rings. The van der Waals surface area contributed by atoms with Gasteiger partial charge in [-0.15, -0.1) is 0 Å². The van der Waals surface area contributed by atoms with Gasteiger partial charge in [0.15, 0.2) is 0 Å². The van der Waals surface area contributed by atoms with Crippen LogP contribution >= 0.6 is 0 Å². The van der Waals surface area contributed by atoms with Gasteiger partial charge in [0.05, 0.1) is 11.4 Å². The van der Waals surface area contributed by atoms with E-state index in [0.717, 1.165) is 43.0 Å². The van der Waals surface area contributed by atoms with Gasteiger partial charge in [-0.1, -0.05) is 0 Å². The summed E-state index contributed by atoms with van der Waals surface area (Å²) in [6, 6.07) is 6.68. The second-order valence-electron chi connectivity index (χ2n) is 7.17. The van der Waals surface area contributed by atoms with Gasteiger partial charge in [0.2, 0.25) is 15.9 Å². The number of fused-ring (bicyclic) bond motifs is 1. The lowest BCUT2D eigenvalue weighted by Crippen LogP contribution is -2.26. The summed E-state index contributed by atoms with van der Waals surface area (Å²) in [7, 11) is -3.71. The van der Waals surface area contributed by atoms with Gasteiger partial charge in [0.25, 0.3) is 0 Å². The summed E-state index contributed by atoms with van der Waals surface area (Å²) < 4.78 is 28.0. The third-order valence-corrected chi connectivity index (χ3v) is 6.42. The minimum Gasteiger partial charge on any atom is -0.357 e. The predicted molar refractivity (Wildman–Crippen MR) is 106 cm³/mol. The Morgan fingerprint density at radius 1 is 1.14 bits per heavy atom. The van der Waals surface area contributed by atoms with E-state index in [0.29, 0.717) is 24.4 Å². The standard InChI is InChI=1S/C19H23N5O3S/c1-13-10-18(24-8-2-3-9-24)23-17(21-13)12-20-28(26,27)15-5-6-16-14(11-15)4-7-19(25)22-16/h5-6,10-11,20H,2-4,7-9,12H2,1H3,(H,22,25). The van der Waals surface area contributed by atoms with Gasteiger partial charge in [0, 0.05) is 37.0 Å². The van der Waals surface area contributed by atoms with Crippen LogP contribution in [-0.2, 0) is 27.8 Å². The van der Waals surface area contributed by atoms with Gasteiger partial charge < -0.3 is 10.2 Å². The second kappa shape index (κ2) is 7.48. The molecule has 3 heterocycles. The van der Waals surface area contributed by atoms with Crippen LogP contribution in [0.25, 0.3) is 0 Å². The van der Waals surface area contributed by atoms with Crippen LogP contribution in [0.15, 0.2) is 29.2 Å². The minimum atomic E-state index is -3.71. The van der Waals surface area contributed by atoms with Crippen LogP contribution in [0.5, 0.6) is 0 Å². The van der Waals surface area contributed by atoms with E-state index in [4.69, 9.17) is 0 Å². The van der Waals surface area contributed by atoms with Gasteiger partial charge in [-0.05, 0) is 49.9 Å². The monoisotopic (exact) mass is 401 g/mol. The number of carbonyl (C=O) groups is 1. The highest BCUT2D eigenvalue weighted by molar-refractivity contribution is 7.89. The highest BCUT2D eigenvalue weighted by Gasteiger charge is 2.21. The molecule has 1 saturated heterocycles. The van der Waals surface area contributed by atoms with Crippen LogP contribution in [0, 0.1) is 6.92 Å². The van der Waals surface area contributed by atoms with Crippen molar-refractivity contribution in [3.05, 3.63) is 41.3 Å². The molecule has 0 spiro atoms. The zero-order valence-corrected chi connectivity index (χ0v) is 16.6. The molecule has 28 heavy (non-hydrogen) atoms. The number of anilines is 2. The van der Waals surface area contributed by atoms with Crippen LogP contribution in [0.4, 0.5) is 11.5 Å². The summed E-state index contributed by atoms with van der Waals surface area (Å²) in [5.74, 6) is 1.26. The molecular formula is C19H23N5O3S. The second-order valence-corrected chi connectivity index (χ2v) is 8.94. The first-order valence-electron chi connectivity index (χ1n) is 9.43. The van der Waals surface area contributed by atoms with Crippen LogP contribution in [-0.4, -0.2) is 37.4 Å². The molecule has 2 N–H and O–H groups in total. The largest absolute Gasteiger partial charge is 0.357 e. The molecule has 2 aromatic rings. The van der Waals surface area contributed by atoms with E-state index in [9.17, 15) is 13.2 Å². The zero-order chi connectivity index (χ0) is 19.7. The maximum atomic E-state index is 12.7. The first-order chi connectivity index (χ1) is 13.4. The third-order valence-electron chi connectivity index (χ3n) is 5.02. The molecule has 4 rings (SSSR count). The summed E-state index contributed by atoms with van der Waals surface area (Å²) in [5.41, 5.74) is 2.31. The van der Waals surface area contributed by atoms with E-state index in [1.165, 1.54) is 6.07 Å². The van der Waals surface area contributed by atoms with Gasteiger partial charge in [-0.2, -0.15) is 0 Å². The van der Waals surface area contributed by atoms with Crippen molar-refractivity contribution in [3.63, 3.8) is 0 Å². The Labute approximate surface area is 164 Å². The molecule has 9 heteroatoms. The molecule has 0 unspecified atom stereocenters. The number of nitrogens with one attached hydrogen (secondary N) is 2. The molecule has 0 radical (unpaired) electrons. The van der Waals surface area contributed by atoms with Gasteiger partial charge >= 0.3 is 0 Å². The minimum absolute atomic E-state index is 0.0265. The van der Waals surface area contributed by atoms with Crippen LogP contribution < -0.4 is 14.9 Å². The Bertz CT molecular complexity index is 1020. The molecule has 2 aliphatic rings. The molecule has 0 bridgehead atoms. The number of aryl methyl sites for hydroxylation is 2. The first kappa shape index (κ1) is 18.8. The Hall–Kier alpha value is -2.52. The molecule has 2 aliphatic heterocycles. The van der Waals surface area contributed by atoms with Crippen LogP contribution in [0.1, 0.15) is 36.3 Å². The lowest BCUT2D eigenvalue weighted by atomic mass is 10.0. The molecule has 1 aromatic heterocycles. The molecule has 1 aromatic carbocycles. The van der Waals surface area contributed by atoms with Crippen molar-refractivity contribution in [1.29, 1.82) is 0 Å². The number of hydrogen-bond acceptors (Lipinski definition) is 6. The topological polar surface area (TPSA) is 104 Å². The normalized spacial score (nSPS) is 16.8. The maximum absolute atomic E-state index is 12.7. The van der Waals surface area contributed by atoms with Crippen LogP contribution in [0.2, 0.25) is 0 Å². The van der Waals surface area contributed by atoms with Gasteiger partial charge in [0.1, 0.15) is 11.6 Å². The quantitative estimate of drug-likeness (QED) is 0.791. The molecule has 8 nitrogen and oxygen atoms in total. The van der Waals surface area contributed by atoms with Crippen molar-refractivity contribution in [2.45, 2.75) is 44.0 Å². The molecule has 0 aliphatic carbocycles. The van der Waals surface area contributed by atoms with E-state index in [-0.39, 0.29) is 17.3 Å². The molecule has 0 atom stereocenters. The fourth-order valence-electron chi connectivity index (χ4n) is 3.57. The fourth-order valence-corrected chi connectivity index (χ4v) is 4.60. The number of amides is 1. The highest BCUT2D eigenvalue weighted by Crippen LogP contribution is 2.25. The summed E-state index contributed by atoms with van der Waals surface area (Å²) in [5, 5.41) is 2.76. The number of aromatic nitrogens is 2. The van der Waals surface area contributed by atoms with Gasteiger partial charge in [-0.25, -0.2) is 23.1 Å². The lowest BCUT2D eigenvalue weighted by molar-refractivity contribution is -0.116. The van der Waals surface area contributed by atoms with Gasteiger partial charge in [-0.3, -0.25) is 4.79 Å². The number of rotatable bonds is 5. The third kappa shape index (κ3) is 4.00. The number of benzene rings is 1. The SMILES string of the molecule is Cc1cc(N2CCCC2)nc(CNS(=O)(=O)c2ccc3c(c2)CCC(=O)N3)n1. The van der Waals surface area contributed by atoms with E-state index in [1.807, 2.05) is 13.0 Å². The Morgan fingerprint density at radius 3 is 2.71 bits per heavy atom. The van der Waals surface area contributed by atoms with Crippen molar-refractivity contribution in [2.24, 2.45) is 0 Å². The van der Waals surface area contributed by atoms with E-state index < -0.39 is 10.0 Å². The fraction of sp³-hybridized carbons (Fsp3) is 0.421. The van der Waals surface area contributed by atoms with E-state index in [2.05, 4.69) is 24.9 Å². The summed E-state index contributed by atoms with van der Waals surface area (Å²) in [6.45, 7) is 3.84. The summed E-state index contributed by atoms with van der Waals surface area (Å²) >= 11 is 0. The average Bonchev–Trinajstić information content (AvgIpc) is 3.20. The van der Waals surface area contributed by atoms with Crippen molar-refractivity contribution < 1.29 is 13.2 Å². The van der Waals surface area contributed by atoms with E-state index >= 15 is 0 Å². The number of nitrogens with zero attached hydrogens (tertiary/aromatic N) is 3. The van der Waals surface area contributed by atoms with Crippen molar-refractivity contribution in [1.82, 2.24) is 14.7 Å². The molecule has 148 valence electrons. The Balaban J connectivity index is 1.50. The maximum Gasteiger partial charge on any atom is 0.240 e. The van der Waals surface area contributed by atoms with Crippen molar-refractivity contribution >= 4 is 27.4 Å². The molecular weight excluding hydrogens is 378 g/mol. The number of hydrogen-bond donors (Lipinski definition) is 2. The zero-order valence-electron chi connectivity index (χ0n) is 15.7. The number of carbonyl (C=O) groups excluding carboxylic acids is 1. The average molecular weight is 401 g/mol. The highest BCUT2D eigenvalue weighted by atomic mass is 32.2. The van der Waals surface area contributed by atoms with Crippen molar-refractivity contribution in [2.75, 3.05) is 23.3 Å². The number of sulfonamides is 1. The predicted octanol–water partition coefficient (Wildman–Crippen LogP) is 1.75. The molecule has 1 amide bonds. The summed E-state index contributed by atoms with van der Waals surface area (Å²) in [4.78, 5) is 22.7. The summed E-state index contributed by atoms with van der Waals surface area (Å²) in [6.07, 6.45) is 3.18.